The average molecular weight is 278 g/mol. The second-order valence-electron chi connectivity index (χ2n) is 5.99. The molecule has 0 unspecified atom stereocenters. The minimum absolute atomic E-state index is 0.0871. The summed E-state index contributed by atoms with van der Waals surface area (Å²) in [7, 11) is 0. The van der Waals surface area contributed by atoms with Crippen molar-refractivity contribution in [3.05, 3.63) is 11.8 Å². The van der Waals surface area contributed by atoms with Crippen LogP contribution in [-0.2, 0) is 0 Å². The zero-order valence-electron chi connectivity index (χ0n) is 11.2. The fraction of sp³-hybridized carbons (Fsp3) is 0.769. The zero-order chi connectivity index (χ0) is 13.7. The highest BCUT2D eigenvalue weighted by Gasteiger charge is 2.46. The first-order chi connectivity index (χ1) is 9.74. The summed E-state index contributed by atoms with van der Waals surface area (Å²) in [4.78, 5) is 13.6. The van der Waals surface area contributed by atoms with Crippen molar-refractivity contribution in [1.82, 2.24) is 20.2 Å². The lowest BCUT2D eigenvalue weighted by Gasteiger charge is -2.27. The number of aromatic nitrogens is 2. The molecule has 1 N–H and O–H groups in total. The first-order valence-corrected chi connectivity index (χ1v) is 7.36. The van der Waals surface area contributed by atoms with E-state index in [4.69, 9.17) is 4.42 Å². The maximum absolute atomic E-state index is 11.9. The van der Waals surface area contributed by atoms with Crippen LogP contribution in [0.3, 0.4) is 0 Å². The van der Waals surface area contributed by atoms with Crippen LogP contribution in [0.1, 0.15) is 62.3 Å². The number of hydroxylamine groups is 2. The molecule has 0 radical (unpaired) electrons. The van der Waals surface area contributed by atoms with E-state index in [-0.39, 0.29) is 18.1 Å². The monoisotopic (exact) mass is 278 g/mol. The van der Waals surface area contributed by atoms with Gasteiger partial charge in [0.25, 0.3) is 0 Å². The molecule has 2 bridgehead atoms. The average Bonchev–Trinajstić information content (AvgIpc) is 3.18. The molecule has 108 valence electrons. The van der Waals surface area contributed by atoms with Crippen molar-refractivity contribution < 1.29 is 14.4 Å². The van der Waals surface area contributed by atoms with Crippen LogP contribution in [0.4, 0.5) is 4.79 Å². The van der Waals surface area contributed by atoms with E-state index in [1.165, 1.54) is 12.8 Å². The molecule has 1 aromatic rings. The summed E-state index contributed by atoms with van der Waals surface area (Å²) in [5.41, 5.74) is 0. The van der Waals surface area contributed by atoms with Crippen molar-refractivity contribution in [2.45, 2.75) is 56.5 Å². The summed E-state index contributed by atoms with van der Waals surface area (Å²) in [6.45, 7) is 0.543. The fourth-order valence-corrected chi connectivity index (χ4v) is 3.63. The molecule has 1 saturated carbocycles. The molecule has 0 spiro atoms. The first kappa shape index (κ1) is 12.1. The van der Waals surface area contributed by atoms with Gasteiger partial charge < -0.3 is 9.32 Å². The SMILES string of the molecule is O=C1N(O)[C@@H]2CC[C@@H](c3nnc(C4CCCC4)o3)N1C2. The summed E-state index contributed by atoms with van der Waals surface area (Å²) in [6.07, 6.45) is 6.20. The number of hydrogen-bond donors (Lipinski definition) is 1. The van der Waals surface area contributed by atoms with Gasteiger partial charge in [-0.15, -0.1) is 10.2 Å². The predicted molar refractivity (Wildman–Crippen MR) is 67.0 cm³/mol. The van der Waals surface area contributed by atoms with Crippen LogP contribution in [0.2, 0.25) is 0 Å². The number of carbonyl (C=O) groups excluding carboxylic acids is 1. The Balaban J connectivity index is 1.57. The van der Waals surface area contributed by atoms with Gasteiger partial charge in [-0.05, 0) is 25.7 Å². The summed E-state index contributed by atoms with van der Waals surface area (Å²) >= 11 is 0. The number of nitrogens with zero attached hydrogens (tertiary/aromatic N) is 4. The van der Waals surface area contributed by atoms with Crippen LogP contribution in [0.5, 0.6) is 0 Å². The number of amides is 2. The van der Waals surface area contributed by atoms with Crippen LogP contribution in [0.15, 0.2) is 4.42 Å². The Kier molecular flexibility index (Phi) is 2.70. The Hall–Kier alpha value is -1.63. The molecule has 1 aromatic heterocycles. The molecule has 2 aliphatic heterocycles. The molecule has 2 saturated heterocycles. The molecule has 2 amide bonds. The minimum Gasteiger partial charge on any atom is -0.423 e. The van der Waals surface area contributed by atoms with E-state index in [9.17, 15) is 10.0 Å². The van der Waals surface area contributed by atoms with E-state index in [2.05, 4.69) is 10.2 Å². The fourth-order valence-electron chi connectivity index (χ4n) is 3.63. The smallest absolute Gasteiger partial charge is 0.344 e. The van der Waals surface area contributed by atoms with Gasteiger partial charge in [0.15, 0.2) is 0 Å². The van der Waals surface area contributed by atoms with Gasteiger partial charge in [0.2, 0.25) is 11.8 Å². The van der Waals surface area contributed by atoms with Crippen molar-refractivity contribution in [1.29, 1.82) is 0 Å². The summed E-state index contributed by atoms with van der Waals surface area (Å²) in [6, 6.07) is -0.618. The van der Waals surface area contributed by atoms with Crippen molar-refractivity contribution in [2.24, 2.45) is 0 Å². The van der Waals surface area contributed by atoms with Crippen molar-refractivity contribution in [3.63, 3.8) is 0 Å². The number of hydrogen-bond acceptors (Lipinski definition) is 5. The Morgan fingerprint density at radius 2 is 1.85 bits per heavy atom. The second-order valence-corrected chi connectivity index (χ2v) is 5.99. The van der Waals surface area contributed by atoms with E-state index in [0.717, 1.165) is 30.7 Å². The molecule has 1 aliphatic carbocycles. The number of urea groups is 1. The zero-order valence-corrected chi connectivity index (χ0v) is 11.2. The van der Waals surface area contributed by atoms with E-state index in [1.807, 2.05) is 0 Å². The predicted octanol–water partition coefficient (Wildman–Crippen LogP) is 2.06. The van der Waals surface area contributed by atoms with Crippen molar-refractivity contribution in [2.75, 3.05) is 6.54 Å². The Morgan fingerprint density at radius 1 is 1.10 bits per heavy atom. The lowest BCUT2D eigenvalue weighted by molar-refractivity contribution is -0.0584. The summed E-state index contributed by atoms with van der Waals surface area (Å²) < 4.78 is 5.82. The summed E-state index contributed by atoms with van der Waals surface area (Å²) in [5, 5.41) is 18.8. The maximum Gasteiger partial charge on any atom is 0.344 e. The van der Waals surface area contributed by atoms with E-state index in [0.29, 0.717) is 24.2 Å². The molecular weight excluding hydrogens is 260 g/mol. The maximum atomic E-state index is 11.9. The lowest BCUT2D eigenvalue weighted by Crippen LogP contribution is -2.34. The van der Waals surface area contributed by atoms with Gasteiger partial charge in [-0.1, -0.05) is 12.8 Å². The minimum atomic E-state index is -0.349. The van der Waals surface area contributed by atoms with Crippen LogP contribution >= 0.6 is 0 Å². The number of piperidine rings is 1. The molecule has 3 heterocycles. The van der Waals surface area contributed by atoms with Crippen LogP contribution in [0, 0.1) is 0 Å². The van der Waals surface area contributed by atoms with Crippen LogP contribution in [-0.4, -0.2) is 44.0 Å². The second kappa shape index (κ2) is 4.44. The topological polar surface area (TPSA) is 82.7 Å². The molecule has 3 fully saturated rings. The van der Waals surface area contributed by atoms with Crippen LogP contribution < -0.4 is 0 Å². The Bertz CT molecular complexity index is 525. The van der Waals surface area contributed by atoms with Gasteiger partial charge in [-0.25, -0.2) is 9.86 Å². The quantitative estimate of drug-likeness (QED) is 0.837. The number of carbonyl (C=O) groups is 1. The molecule has 7 heteroatoms. The Morgan fingerprint density at radius 3 is 2.65 bits per heavy atom. The molecule has 0 aromatic carbocycles. The van der Waals surface area contributed by atoms with Gasteiger partial charge in [0.1, 0.15) is 6.04 Å². The van der Waals surface area contributed by atoms with Gasteiger partial charge in [-0.2, -0.15) is 0 Å². The van der Waals surface area contributed by atoms with E-state index in [1.54, 1.807) is 4.90 Å². The lowest BCUT2D eigenvalue weighted by atomic mass is 10.0. The third-order valence-electron chi connectivity index (χ3n) is 4.79. The number of fused-ring (bicyclic) bond motifs is 2. The molecule has 3 aliphatic rings. The number of rotatable bonds is 2. The molecule has 4 rings (SSSR count). The standard InChI is InChI=1S/C13H18N4O3/c18-13-16-7-9(17(13)19)5-6-10(16)12-15-14-11(20-12)8-3-1-2-4-8/h8-10,19H,1-7H2/t9-,10+/m1/s1. The van der Waals surface area contributed by atoms with E-state index < -0.39 is 0 Å². The van der Waals surface area contributed by atoms with Crippen molar-refractivity contribution >= 4 is 6.03 Å². The van der Waals surface area contributed by atoms with Gasteiger partial charge >= 0.3 is 6.03 Å². The molecule has 2 atom stereocenters. The largest absolute Gasteiger partial charge is 0.423 e. The highest BCUT2D eigenvalue weighted by molar-refractivity contribution is 5.76. The third-order valence-corrected chi connectivity index (χ3v) is 4.79. The first-order valence-electron chi connectivity index (χ1n) is 7.36. The van der Waals surface area contributed by atoms with Crippen LogP contribution in [0.25, 0.3) is 0 Å². The van der Waals surface area contributed by atoms with E-state index >= 15 is 0 Å². The third kappa shape index (κ3) is 1.72. The highest BCUT2D eigenvalue weighted by atomic mass is 16.5. The molecule has 7 nitrogen and oxygen atoms in total. The Labute approximate surface area is 116 Å². The van der Waals surface area contributed by atoms with Gasteiger partial charge in [-0.3, -0.25) is 5.21 Å². The molecular formula is C13H18N4O3. The molecule has 20 heavy (non-hydrogen) atoms. The normalized spacial score (nSPS) is 30.6. The summed E-state index contributed by atoms with van der Waals surface area (Å²) in [5.74, 6) is 1.62. The van der Waals surface area contributed by atoms with Gasteiger partial charge in [0, 0.05) is 12.5 Å². The highest BCUT2D eigenvalue weighted by Crippen LogP contribution is 2.39. The van der Waals surface area contributed by atoms with Gasteiger partial charge in [0.05, 0.1) is 6.04 Å². The van der Waals surface area contributed by atoms with Crippen molar-refractivity contribution in [3.8, 4) is 0 Å².